The first-order chi connectivity index (χ1) is 22.0. The van der Waals surface area contributed by atoms with E-state index in [1.54, 1.807) is 0 Å². The average molecular weight is 773 g/mol. The molecule has 4 aromatic carbocycles. The first-order valence-corrected chi connectivity index (χ1v) is 15.2. The Morgan fingerprint density at radius 3 is 2.11 bits per heavy atom. The van der Waals surface area contributed by atoms with Crippen LogP contribution in [-0.2, 0) is 26.5 Å². The third kappa shape index (κ3) is 4.05. The Balaban J connectivity index is 0.00000312. The topological polar surface area (TPSA) is 56.0 Å². The zero-order valence-corrected chi connectivity index (χ0v) is 27.7. The van der Waals surface area contributed by atoms with Gasteiger partial charge >= 0.3 is 21.1 Å². The van der Waals surface area contributed by atoms with Gasteiger partial charge in [-0.3, -0.25) is 0 Å². The van der Waals surface area contributed by atoms with Gasteiger partial charge < -0.3 is 19.4 Å². The van der Waals surface area contributed by atoms with Crippen molar-refractivity contribution >= 4 is 60.0 Å². The van der Waals surface area contributed by atoms with Crippen LogP contribution >= 0.6 is 0 Å². The van der Waals surface area contributed by atoms with Gasteiger partial charge in [0, 0.05) is 34.1 Å². The summed E-state index contributed by atoms with van der Waals surface area (Å²) < 4.78 is 2.31. The Labute approximate surface area is 280 Å². The average Bonchev–Trinajstić information content (AvgIpc) is 3.50. The number of benzene rings is 4. The van der Waals surface area contributed by atoms with Gasteiger partial charge in [0.2, 0.25) is 0 Å². The summed E-state index contributed by atoms with van der Waals surface area (Å²) in [6, 6.07) is 39.1. The molecule has 0 amide bonds. The van der Waals surface area contributed by atoms with E-state index in [1.165, 1.54) is 16.2 Å². The number of pyridine rings is 4. The van der Waals surface area contributed by atoms with Crippen molar-refractivity contribution in [1.82, 2.24) is 24.3 Å². The van der Waals surface area contributed by atoms with Gasteiger partial charge in [-0.2, -0.15) is 0 Å². The number of nitrogens with zero attached hydrogens (tertiary/aromatic N) is 5. The second kappa shape index (κ2) is 10.5. The maximum atomic E-state index is 5.33. The quantitative estimate of drug-likeness (QED) is 0.133. The van der Waals surface area contributed by atoms with Gasteiger partial charge in [-0.05, 0) is 45.2 Å². The molecule has 0 saturated heterocycles. The Hall–Kier alpha value is -4.99. The molecule has 6 heteroatoms. The molecule has 0 spiro atoms. The predicted molar refractivity (Wildman–Crippen MR) is 183 cm³/mol. The number of rotatable bonds is 3. The van der Waals surface area contributed by atoms with Crippen molar-refractivity contribution in [2.24, 2.45) is 0 Å². The van der Waals surface area contributed by atoms with Crippen LogP contribution in [0.2, 0.25) is 0 Å². The molecule has 0 unspecified atom stereocenters. The van der Waals surface area contributed by atoms with Crippen molar-refractivity contribution in [3.8, 4) is 11.3 Å². The summed E-state index contributed by atoms with van der Waals surface area (Å²) in [5, 5.41) is 6.71. The van der Waals surface area contributed by atoms with Crippen molar-refractivity contribution in [3.05, 3.63) is 139 Å². The van der Waals surface area contributed by atoms with Crippen LogP contribution in [0.15, 0.2) is 110 Å². The number of fused-ring (bicyclic) bond motifs is 13. The summed E-state index contributed by atoms with van der Waals surface area (Å²) in [6.45, 7) is 6.41. The third-order valence-electron chi connectivity index (χ3n) is 9.26. The zero-order valence-electron chi connectivity index (χ0n) is 25.4. The fraction of sp³-hybridized carbons (Fsp3) is 0.100. The van der Waals surface area contributed by atoms with E-state index >= 15 is 0 Å². The van der Waals surface area contributed by atoms with Gasteiger partial charge in [0.05, 0.1) is 11.0 Å². The molecule has 5 nitrogen and oxygen atoms in total. The van der Waals surface area contributed by atoms with Crippen molar-refractivity contribution < 1.29 is 21.1 Å². The normalized spacial score (nSPS) is 12.1. The van der Waals surface area contributed by atoms with Crippen molar-refractivity contribution in [1.29, 1.82) is 0 Å². The molecule has 0 aliphatic heterocycles. The summed E-state index contributed by atoms with van der Waals surface area (Å²) in [5.74, 6) is 0. The van der Waals surface area contributed by atoms with Crippen LogP contribution in [-0.4, -0.2) is 24.3 Å². The van der Waals surface area contributed by atoms with Crippen LogP contribution in [0.5, 0.6) is 0 Å². The molecule has 0 bridgehead atoms. The predicted octanol–water partition coefficient (Wildman–Crippen LogP) is 9.18. The van der Waals surface area contributed by atoms with Gasteiger partial charge in [-0.25, -0.2) is 4.98 Å². The molecule has 9 rings (SSSR count). The van der Waals surface area contributed by atoms with Crippen molar-refractivity contribution in [3.63, 3.8) is 0 Å². The van der Waals surface area contributed by atoms with Gasteiger partial charge in [0.25, 0.3) is 0 Å². The van der Waals surface area contributed by atoms with Crippen LogP contribution in [0, 0.1) is 19.1 Å². The summed E-state index contributed by atoms with van der Waals surface area (Å²) in [5.41, 5.74) is 9.18. The molecule has 5 aromatic heterocycles. The molecule has 5 heterocycles. The monoisotopic (exact) mass is 772 g/mol. The Bertz CT molecular complexity index is 2640. The summed E-state index contributed by atoms with van der Waals surface area (Å²) in [4.78, 5) is 19.6. The maximum absolute atomic E-state index is 5.33. The fourth-order valence-electron chi connectivity index (χ4n) is 6.83. The van der Waals surface area contributed by atoms with Gasteiger partial charge in [-0.1, -0.05) is 93.7 Å². The minimum absolute atomic E-state index is 0. The smallest absolute Gasteiger partial charge is 0.356 e. The molecule has 0 fully saturated rings. The summed E-state index contributed by atoms with van der Waals surface area (Å²) in [6.07, 6.45) is 5.59. The second-order valence-electron chi connectivity index (χ2n) is 12.2. The van der Waals surface area contributed by atoms with E-state index in [4.69, 9.17) is 15.0 Å². The Kier molecular flexibility index (Phi) is 6.52. The molecule has 0 aliphatic carbocycles. The molecular formula is C40H27N5Pt. The first-order valence-electron chi connectivity index (χ1n) is 15.2. The number of imidazole rings is 1. The van der Waals surface area contributed by atoms with E-state index in [-0.39, 0.29) is 21.1 Å². The number of hydrogen-bond acceptors (Lipinski definition) is 4. The van der Waals surface area contributed by atoms with E-state index < -0.39 is 5.41 Å². The minimum Gasteiger partial charge on any atom is -0.356 e. The van der Waals surface area contributed by atoms with E-state index in [9.17, 15) is 0 Å². The van der Waals surface area contributed by atoms with E-state index in [0.717, 1.165) is 72.0 Å². The fourth-order valence-corrected chi connectivity index (χ4v) is 6.83. The molecule has 0 N–H and O–H groups in total. The van der Waals surface area contributed by atoms with Crippen LogP contribution in [0.1, 0.15) is 30.7 Å². The molecule has 0 saturated carbocycles. The molecule has 9 aromatic rings. The first kappa shape index (κ1) is 28.5. The van der Waals surface area contributed by atoms with E-state index in [1.807, 2.05) is 49.8 Å². The van der Waals surface area contributed by atoms with Crippen LogP contribution < -0.4 is 0 Å². The SMILES string of the molecule is Cc1ncc(C(C)(C)c2[c-]c3c4ncccc4c4nc5c6ccccc6c6ccccc6c5n4c3cc2)[c-]c1-c1ccccn1.[Pt+2]. The standard InChI is InChI=1S/C40H27N5.Pt/c1-24-32(34-16-8-9-19-41-34)22-26(23-43-24)40(2,3)25-17-18-35-33(21-25)36-31(15-10-20-42-36)39-44-37-29-13-6-4-11-27(29)28-12-5-7-14-30(28)38(37)45(35)39;/h4-20,23H,1-3H3;/q-2;+2. The Morgan fingerprint density at radius 2 is 1.33 bits per heavy atom. The molecule has 222 valence electrons. The molecule has 46 heavy (non-hydrogen) atoms. The number of aromatic nitrogens is 5. The van der Waals surface area contributed by atoms with E-state index in [0.29, 0.717) is 0 Å². The van der Waals surface area contributed by atoms with Gasteiger partial charge in [0.1, 0.15) is 5.65 Å². The Morgan fingerprint density at radius 1 is 0.630 bits per heavy atom. The summed E-state index contributed by atoms with van der Waals surface area (Å²) in [7, 11) is 0. The number of hydrogen-bond donors (Lipinski definition) is 0. The molecule has 0 atom stereocenters. The minimum atomic E-state index is -0.436. The number of aryl methyl sites for hydroxylation is 1. The van der Waals surface area contributed by atoms with E-state index in [2.05, 4.69) is 102 Å². The third-order valence-corrected chi connectivity index (χ3v) is 9.26. The second-order valence-corrected chi connectivity index (χ2v) is 12.2. The molecule has 0 aliphatic rings. The van der Waals surface area contributed by atoms with Crippen LogP contribution in [0.3, 0.4) is 0 Å². The van der Waals surface area contributed by atoms with Crippen molar-refractivity contribution in [2.45, 2.75) is 26.2 Å². The maximum Gasteiger partial charge on any atom is 2.00 e. The van der Waals surface area contributed by atoms with Crippen LogP contribution in [0.4, 0.5) is 0 Å². The molecule has 0 radical (unpaired) electrons. The zero-order chi connectivity index (χ0) is 30.3. The van der Waals surface area contributed by atoms with Crippen LogP contribution in [0.25, 0.3) is 71.3 Å². The molecular weight excluding hydrogens is 746 g/mol. The summed E-state index contributed by atoms with van der Waals surface area (Å²) >= 11 is 0. The van der Waals surface area contributed by atoms with Gasteiger partial charge in [-0.15, -0.1) is 46.3 Å². The van der Waals surface area contributed by atoms with Crippen molar-refractivity contribution in [2.75, 3.05) is 0 Å². The largest absolute Gasteiger partial charge is 2.00 e. The van der Waals surface area contributed by atoms with Gasteiger partial charge in [0.15, 0.2) is 0 Å².